The molecule has 88 valence electrons. The highest BCUT2D eigenvalue weighted by Gasteiger charge is 2.31. The summed E-state index contributed by atoms with van der Waals surface area (Å²) >= 11 is 0. The Labute approximate surface area is 99.3 Å². The molecule has 0 aliphatic carbocycles. The summed E-state index contributed by atoms with van der Waals surface area (Å²) in [6, 6.07) is 6.84. The summed E-state index contributed by atoms with van der Waals surface area (Å²) in [6.45, 7) is 7.90. The predicted octanol–water partition coefficient (Wildman–Crippen LogP) is 3.38. The van der Waals surface area contributed by atoms with Gasteiger partial charge in [-0.15, -0.1) is 0 Å². The average molecular weight is 217 g/mol. The third kappa shape index (κ3) is 2.30. The molecule has 1 saturated heterocycles. The second-order valence-electron chi connectivity index (χ2n) is 5.27. The SMILES string of the molecule is CCC1(Cc2ccc(C)cc2C)CCCN1. The summed E-state index contributed by atoms with van der Waals surface area (Å²) < 4.78 is 0. The first-order valence-electron chi connectivity index (χ1n) is 6.46. The highest BCUT2D eigenvalue weighted by Crippen LogP contribution is 2.28. The molecule has 16 heavy (non-hydrogen) atoms. The van der Waals surface area contributed by atoms with Crippen LogP contribution in [0.2, 0.25) is 0 Å². The molecule has 1 aromatic rings. The van der Waals surface area contributed by atoms with E-state index in [1.165, 1.54) is 48.9 Å². The van der Waals surface area contributed by atoms with Crippen LogP contribution in [0.1, 0.15) is 42.9 Å². The van der Waals surface area contributed by atoms with Crippen LogP contribution < -0.4 is 5.32 Å². The average Bonchev–Trinajstić information content (AvgIpc) is 2.72. The molecule has 1 heteroatoms. The maximum atomic E-state index is 3.71. The van der Waals surface area contributed by atoms with Gasteiger partial charge in [-0.25, -0.2) is 0 Å². The maximum absolute atomic E-state index is 3.71. The molecular formula is C15H23N. The molecule has 1 aliphatic rings. The van der Waals surface area contributed by atoms with E-state index in [4.69, 9.17) is 0 Å². The molecular weight excluding hydrogens is 194 g/mol. The van der Waals surface area contributed by atoms with E-state index in [0.717, 1.165) is 0 Å². The minimum absolute atomic E-state index is 0.375. The number of hydrogen-bond donors (Lipinski definition) is 1. The van der Waals surface area contributed by atoms with E-state index in [1.54, 1.807) is 0 Å². The Morgan fingerprint density at radius 2 is 2.12 bits per heavy atom. The van der Waals surface area contributed by atoms with E-state index in [9.17, 15) is 0 Å². The van der Waals surface area contributed by atoms with Crippen molar-refractivity contribution in [1.82, 2.24) is 5.32 Å². The molecule has 0 amide bonds. The Bertz CT molecular complexity index is 362. The maximum Gasteiger partial charge on any atom is 0.0219 e. The van der Waals surface area contributed by atoms with Gasteiger partial charge < -0.3 is 5.32 Å². The zero-order chi connectivity index (χ0) is 11.6. The highest BCUT2D eigenvalue weighted by atomic mass is 15.0. The first-order valence-corrected chi connectivity index (χ1v) is 6.46. The van der Waals surface area contributed by atoms with E-state index in [-0.39, 0.29) is 0 Å². The minimum atomic E-state index is 0.375. The van der Waals surface area contributed by atoms with E-state index in [0.29, 0.717) is 5.54 Å². The second kappa shape index (κ2) is 4.58. The molecule has 0 radical (unpaired) electrons. The van der Waals surface area contributed by atoms with Gasteiger partial charge >= 0.3 is 0 Å². The molecule has 2 rings (SSSR count). The lowest BCUT2D eigenvalue weighted by Gasteiger charge is -2.29. The van der Waals surface area contributed by atoms with Gasteiger partial charge in [0.05, 0.1) is 0 Å². The summed E-state index contributed by atoms with van der Waals surface area (Å²) in [5.41, 5.74) is 4.70. The van der Waals surface area contributed by atoms with Crippen LogP contribution in [0, 0.1) is 13.8 Å². The van der Waals surface area contributed by atoms with E-state index in [1.807, 2.05) is 0 Å². The predicted molar refractivity (Wildman–Crippen MR) is 69.9 cm³/mol. The fourth-order valence-electron chi connectivity index (χ4n) is 2.86. The van der Waals surface area contributed by atoms with Gasteiger partial charge in [-0.1, -0.05) is 30.7 Å². The van der Waals surface area contributed by atoms with Gasteiger partial charge in [0, 0.05) is 5.54 Å². The van der Waals surface area contributed by atoms with Crippen molar-refractivity contribution in [3.63, 3.8) is 0 Å². The van der Waals surface area contributed by atoms with Crippen LogP contribution in [0.15, 0.2) is 18.2 Å². The number of nitrogens with one attached hydrogen (secondary N) is 1. The van der Waals surface area contributed by atoms with E-state index >= 15 is 0 Å². The van der Waals surface area contributed by atoms with Crippen molar-refractivity contribution in [2.75, 3.05) is 6.54 Å². The Morgan fingerprint density at radius 1 is 1.31 bits per heavy atom. The zero-order valence-electron chi connectivity index (χ0n) is 10.8. The van der Waals surface area contributed by atoms with Crippen LogP contribution in [0.5, 0.6) is 0 Å². The van der Waals surface area contributed by atoms with Gasteiger partial charge in [-0.05, 0) is 57.2 Å². The Kier molecular flexibility index (Phi) is 3.34. The van der Waals surface area contributed by atoms with Crippen LogP contribution in [-0.2, 0) is 6.42 Å². The van der Waals surface area contributed by atoms with Crippen LogP contribution in [-0.4, -0.2) is 12.1 Å². The molecule has 0 saturated carbocycles. The second-order valence-corrected chi connectivity index (χ2v) is 5.27. The van der Waals surface area contributed by atoms with Gasteiger partial charge in [-0.2, -0.15) is 0 Å². The normalized spacial score (nSPS) is 24.9. The van der Waals surface area contributed by atoms with Crippen molar-refractivity contribution in [2.45, 2.75) is 52.0 Å². The van der Waals surface area contributed by atoms with Crippen molar-refractivity contribution >= 4 is 0 Å². The summed E-state index contributed by atoms with van der Waals surface area (Å²) in [5, 5.41) is 3.71. The van der Waals surface area contributed by atoms with Gasteiger partial charge in [0.15, 0.2) is 0 Å². The smallest absolute Gasteiger partial charge is 0.0219 e. The third-order valence-corrected chi connectivity index (χ3v) is 4.04. The van der Waals surface area contributed by atoms with Crippen molar-refractivity contribution < 1.29 is 0 Å². The minimum Gasteiger partial charge on any atom is -0.311 e. The number of hydrogen-bond acceptors (Lipinski definition) is 1. The first kappa shape index (κ1) is 11.7. The van der Waals surface area contributed by atoms with Crippen molar-refractivity contribution in [2.24, 2.45) is 0 Å². The number of aryl methyl sites for hydroxylation is 2. The van der Waals surface area contributed by atoms with E-state index in [2.05, 4.69) is 44.3 Å². The lowest BCUT2D eigenvalue weighted by Crippen LogP contribution is -2.41. The summed E-state index contributed by atoms with van der Waals surface area (Å²) in [7, 11) is 0. The summed E-state index contributed by atoms with van der Waals surface area (Å²) in [4.78, 5) is 0. The lowest BCUT2D eigenvalue weighted by atomic mass is 9.85. The Hall–Kier alpha value is -0.820. The monoisotopic (exact) mass is 217 g/mol. The molecule has 0 aromatic heterocycles. The number of rotatable bonds is 3. The van der Waals surface area contributed by atoms with E-state index < -0.39 is 0 Å². The topological polar surface area (TPSA) is 12.0 Å². The number of benzene rings is 1. The fraction of sp³-hybridized carbons (Fsp3) is 0.600. The fourth-order valence-corrected chi connectivity index (χ4v) is 2.86. The quantitative estimate of drug-likeness (QED) is 0.818. The third-order valence-electron chi connectivity index (χ3n) is 4.04. The molecule has 1 unspecified atom stereocenters. The van der Waals surface area contributed by atoms with Gasteiger partial charge in [0.1, 0.15) is 0 Å². The molecule has 1 fully saturated rings. The molecule has 1 nitrogen and oxygen atoms in total. The van der Waals surface area contributed by atoms with Crippen molar-refractivity contribution in [3.05, 3.63) is 34.9 Å². The standard InChI is InChI=1S/C15H23N/c1-4-15(8-5-9-16-15)11-14-7-6-12(2)10-13(14)3/h6-7,10,16H,4-5,8-9,11H2,1-3H3. The van der Waals surface area contributed by atoms with Gasteiger partial charge in [0.25, 0.3) is 0 Å². The molecule has 1 aromatic carbocycles. The van der Waals surface area contributed by atoms with Gasteiger partial charge in [-0.3, -0.25) is 0 Å². The van der Waals surface area contributed by atoms with Crippen molar-refractivity contribution in [1.29, 1.82) is 0 Å². The Balaban J connectivity index is 2.19. The lowest BCUT2D eigenvalue weighted by molar-refractivity contribution is 0.359. The zero-order valence-corrected chi connectivity index (χ0v) is 10.8. The highest BCUT2D eigenvalue weighted by molar-refractivity contribution is 5.32. The molecule has 0 bridgehead atoms. The summed E-state index contributed by atoms with van der Waals surface area (Å²) in [5.74, 6) is 0. The van der Waals surface area contributed by atoms with Crippen molar-refractivity contribution in [3.8, 4) is 0 Å². The molecule has 1 heterocycles. The molecule has 1 aliphatic heterocycles. The molecule has 1 atom stereocenters. The van der Waals surface area contributed by atoms with Crippen LogP contribution in [0.4, 0.5) is 0 Å². The first-order chi connectivity index (χ1) is 7.65. The van der Waals surface area contributed by atoms with Gasteiger partial charge in [0.2, 0.25) is 0 Å². The Morgan fingerprint density at radius 3 is 2.69 bits per heavy atom. The molecule has 1 N–H and O–H groups in total. The van der Waals surface area contributed by atoms with Crippen LogP contribution in [0.3, 0.4) is 0 Å². The summed E-state index contributed by atoms with van der Waals surface area (Å²) in [6.07, 6.45) is 5.09. The van der Waals surface area contributed by atoms with Crippen LogP contribution >= 0.6 is 0 Å². The molecule has 0 spiro atoms. The van der Waals surface area contributed by atoms with Crippen LogP contribution in [0.25, 0.3) is 0 Å². The largest absolute Gasteiger partial charge is 0.311 e.